The lowest BCUT2D eigenvalue weighted by atomic mass is 10.1. The van der Waals surface area contributed by atoms with Crippen molar-refractivity contribution < 1.29 is 18.0 Å². The monoisotopic (exact) mass is 398 g/mol. The Morgan fingerprint density at radius 1 is 0.821 bits per heavy atom. The van der Waals surface area contributed by atoms with Crippen LogP contribution in [0, 0.1) is 0 Å². The van der Waals surface area contributed by atoms with E-state index in [2.05, 4.69) is 0 Å². The fourth-order valence-electron chi connectivity index (χ4n) is 3.94. The van der Waals surface area contributed by atoms with Crippen LogP contribution in [0.3, 0.4) is 0 Å². The van der Waals surface area contributed by atoms with Crippen LogP contribution < -0.4 is 0 Å². The maximum Gasteiger partial charge on any atom is 0.261 e. The van der Waals surface area contributed by atoms with Crippen molar-refractivity contribution >= 4 is 21.8 Å². The molecule has 1 fully saturated rings. The van der Waals surface area contributed by atoms with E-state index in [9.17, 15) is 18.0 Å². The van der Waals surface area contributed by atoms with Crippen molar-refractivity contribution in [2.45, 2.75) is 25.3 Å². The van der Waals surface area contributed by atoms with Crippen LogP contribution in [0.2, 0.25) is 0 Å². The topological polar surface area (TPSA) is 74.8 Å². The van der Waals surface area contributed by atoms with Crippen molar-refractivity contribution in [2.24, 2.45) is 0 Å². The molecule has 0 spiro atoms. The Balaban J connectivity index is 1.38. The third kappa shape index (κ3) is 3.47. The van der Waals surface area contributed by atoms with Gasteiger partial charge in [-0.3, -0.25) is 14.5 Å². The molecule has 2 aliphatic heterocycles. The Bertz CT molecular complexity index is 961. The predicted octanol–water partition coefficient (Wildman–Crippen LogP) is 2.32. The summed E-state index contributed by atoms with van der Waals surface area (Å²) in [6.45, 7) is 0.657. The molecule has 7 heteroatoms. The molecule has 2 aliphatic rings. The number of amides is 2. The standard InChI is InChI=1S/C21H22N2O4S/c24-20-18-8-4-5-9-19(18)21(25)23(20)17-10-13-22(14-11-17)28(26,27)15-12-16-6-2-1-3-7-16/h1-9,17H,10-15H2. The van der Waals surface area contributed by atoms with Gasteiger partial charge in [-0.25, -0.2) is 12.7 Å². The Morgan fingerprint density at radius 2 is 1.36 bits per heavy atom. The van der Waals surface area contributed by atoms with Crippen molar-refractivity contribution in [1.29, 1.82) is 0 Å². The molecular formula is C21H22N2O4S. The lowest BCUT2D eigenvalue weighted by Gasteiger charge is -2.35. The molecule has 1 saturated heterocycles. The second kappa shape index (κ2) is 7.48. The molecule has 28 heavy (non-hydrogen) atoms. The molecule has 0 unspecified atom stereocenters. The number of aryl methyl sites for hydroxylation is 1. The summed E-state index contributed by atoms with van der Waals surface area (Å²) in [5, 5.41) is 0. The van der Waals surface area contributed by atoms with Gasteiger partial charge in [-0.05, 0) is 37.0 Å². The average Bonchev–Trinajstić information content (AvgIpc) is 2.98. The number of carbonyl (C=O) groups excluding carboxylic acids is 2. The summed E-state index contributed by atoms with van der Waals surface area (Å²) in [6, 6.07) is 16.1. The summed E-state index contributed by atoms with van der Waals surface area (Å²) in [6.07, 6.45) is 1.41. The third-order valence-electron chi connectivity index (χ3n) is 5.50. The first-order valence-electron chi connectivity index (χ1n) is 9.46. The molecular weight excluding hydrogens is 376 g/mol. The van der Waals surface area contributed by atoms with Gasteiger partial charge >= 0.3 is 0 Å². The highest BCUT2D eigenvalue weighted by Crippen LogP contribution is 2.29. The van der Waals surface area contributed by atoms with Gasteiger partial charge < -0.3 is 0 Å². The highest BCUT2D eigenvalue weighted by Gasteiger charge is 2.41. The third-order valence-corrected chi connectivity index (χ3v) is 7.37. The van der Waals surface area contributed by atoms with Gasteiger partial charge in [0.05, 0.1) is 16.9 Å². The first kappa shape index (κ1) is 18.8. The number of nitrogens with zero attached hydrogens (tertiary/aromatic N) is 2. The van der Waals surface area contributed by atoms with E-state index in [4.69, 9.17) is 0 Å². The molecule has 2 aromatic rings. The van der Waals surface area contributed by atoms with Crippen molar-refractivity contribution in [3.63, 3.8) is 0 Å². The summed E-state index contributed by atoms with van der Waals surface area (Å²) in [5.41, 5.74) is 1.86. The highest BCUT2D eigenvalue weighted by molar-refractivity contribution is 7.89. The van der Waals surface area contributed by atoms with Crippen LogP contribution in [-0.4, -0.2) is 54.3 Å². The first-order valence-corrected chi connectivity index (χ1v) is 11.1. The van der Waals surface area contributed by atoms with E-state index < -0.39 is 10.0 Å². The Labute approximate surface area is 164 Å². The lowest BCUT2D eigenvalue weighted by molar-refractivity contribution is 0.0536. The summed E-state index contributed by atoms with van der Waals surface area (Å²) in [5.74, 6) is -0.480. The molecule has 0 saturated carbocycles. The van der Waals surface area contributed by atoms with Gasteiger partial charge in [0.1, 0.15) is 0 Å². The SMILES string of the molecule is O=C1c2ccccc2C(=O)N1C1CCN(S(=O)(=O)CCc2ccccc2)CC1. The van der Waals surface area contributed by atoms with E-state index >= 15 is 0 Å². The van der Waals surface area contributed by atoms with E-state index in [0.717, 1.165) is 5.56 Å². The number of sulfonamides is 1. The molecule has 0 radical (unpaired) electrons. The minimum atomic E-state index is -3.36. The Hall–Kier alpha value is -2.51. The summed E-state index contributed by atoms with van der Waals surface area (Å²) >= 11 is 0. The average molecular weight is 398 g/mol. The molecule has 146 valence electrons. The van der Waals surface area contributed by atoms with Crippen LogP contribution >= 0.6 is 0 Å². The number of imide groups is 1. The minimum Gasteiger partial charge on any atom is -0.271 e. The molecule has 4 rings (SSSR count). The molecule has 6 nitrogen and oxygen atoms in total. The number of carbonyl (C=O) groups is 2. The first-order chi connectivity index (χ1) is 13.5. The van der Waals surface area contributed by atoms with Gasteiger partial charge in [0.15, 0.2) is 0 Å². The van der Waals surface area contributed by atoms with Crippen LogP contribution in [0.25, 0.3) is 0 Å². The summed E-state index contributed by atoms with van der Waals surface area (Å²) in [4.78, 5) is 26.6. The summed E-state index contributed by atoms with van der Waals surface area (Å²) in [7, 11) is -3.36. The number of rotatable bonds is 5. The lowest BCUT2D eigenvalue weighted by Crippen LogP contribution is -2.49. The number of hydrogen-bond acceptors (Lipinski definition) is 4. The van der Waals surface area contributed by atoms with Crippen molar-refractivity contribution in [1.82, 2.24) is 9.21 Å². The highest BCUT2D eigenvalue weighted by atomic mass is 32.2. The molecule has 2 amide bonds. The van der Waals surface area contributed by atoms with Crippen LogP contribution in [-0.2, 0) is 16.4 Å². The zero-order chi connectivity index (χ0) is 19.7. The maximum absolute atomic E-state index is 12.7. The molecule has 0 N–H and O–H groups in total. The molecule has 2 aromatic carbocycles. The molecule has 2 heterocycles. The minimum absolute atomic E-state index is 0.0642. The van der Waals surface area contributed by atoms with Gasteiger partial charge in [-0.1, -0.05) is 42.5 Å². The second-order valence-corrected chi connectivity index (χ2v) is 9.30. The van der Waals surface area contributed by atoms with E-state index in [-0.39, 0.29) is 23.6 Å². The molecule has 0 aromatic heterocycles. The van der Waals surface area contributed by atoms with E-state index in [0.29, 0.717) is 43.5 Å². The molecule has 0 atom stereocenters. The van der Waals surface area contributed by atoms with Crippen LogP contribution in [0.5, 0.6) is 0 Å². The van der Waals surface area contributed by atoms with Gasteiger partial charge in [0, 0.05) is 19.1 Å². The fourth-order valence-corrected chi connectivity index (χ4v) is 5.46. The van der Waals surface area contributed by atoms with E-state index in [1.807, 2.05) is 30.3 Å². The molecule has 0 aliphatic carbocycles. The largest absolute Gasteiger partial charge is 0.271 e. The predicted molar refractivity (Wildman–Crippen MR) is 105 cm³/mol. The second-order valence-electron chi connectivity index (χ2n) is 7.21. The zero-order valence-electron chi connectivity index (χ0n) is 15.5. The number of hydrogen-bond donors (Lipinski definition) is 0. The van der Waals surface area contributed by atoms with Gasteiger partial charge in [-0.2, -0.15) is 0 Å². The Morgan fingerprint density at radius 3 is 1.93 bits per heavy atom. The van der Waals surface area contributed by atoms with Crippen molar-refractivity contribution in [3.8, 4) is 0 Å². The normalized spacial score (nSPS) is 18.5. The fraction of sp³-hybridized carbons (Fsp3) is 0.333. The van der Waals surface area contributed by atoms with Crippen LogP contribution in [0.4, 0.5) is 0 Å². The van der Waals surface area contributed by atoms with Gasteiger partial charge in [-0.15, -0.1) is 0 Å². The smallest absolute Gasteiger partial charge is 0.261 e. The van der Waals surface area contributed by atoms with E-state index in [1.54, 1.807) is 24.3 Å². The summed E-state index contributed by atoms with van der Waals surface area (Å²) < 4.78 is 26.8. The Kier molecular flexibility index (Phi) is 5.03. The maximum atomic E-state index is 12.7. The quantitative estimate of drug-likeness (QED) is 0.725. The van der Waals surface area contributed by atoms with Crippen LogP contribution in [0.15, 0.2) is 54.6 Å². The number of piperidine rings is 1. The number of benzene rings is 2. The van der Waals surface area contributed by atoms with Crippen molar-refractivity contribution in [3.05, 3.63) is 71.3 Å². The number of fused-ring (bicyclic) bond motifs is 1. The van der Waals surface area contributed by atoms with Gasteiger partial charge in [0.25, 0.3) is 11.8 Å². The molecule has 0 bridgehead atoms. The zero-order valence-corrected chi connectivity index (χ0v) is 16.3. The van der Waals surface area contributed by atoms with E-state index in [1.165, 1.54) is 9.21 Å². The van der Waals surface area contributed by atoms with Crippen LogP contribution in [0.1, 0.15) is 39.1 Å². The van der Waals surface area contributed by atoms with Crippen molar-refractivity contribution in [2.75, 3.05) is 18.8 Å². The van der Waals surface area contributed by atoms with Gasteiger partial charge in [0.2, 0.25) is 10.0 Å².